The van der Waals surface area contributed by atoms with Gasteiger partial charge in [-0.25, -0.2) is 14.6 Å². The molecule has 0 fully saturated rings. The number of rotatable bonds is 5. The Morgan fingerprint density at radius 3 is 2.09 bits per heavy atom. The fourth-order valence-corrected chi connectivity index (χ4v) is 3.97. The number of benzene rings is 3. The van der Waals surface area contributed by atoms with Gasteiger partial charge in [-0.2, -0.15) is 0 Å². The number of aryl methyl sites for hydroxylation is 2. The van der Waals surface area contributed by atoms with E-state index in [9.17, 15) is 14.4 Å². The van der Waals surface area contributed by atoms with Gasteiger partial charge in [-0.05, 0) is 49.7 Å². The van der Waals surface area contributed by atoms with Crippen molar-refractivity contribution in [3.63, 3.8) is 0 Å². The Kier molecular flexibility index (Phi) is 6.59. The van der Waals surface area contributed by atoms with Crippen molar-refractivity contribution >= 4 is 34.4 Å². The fraction of sp³-hybridized carbons (Fsp3) is 0.143. The molecule has 0 unspecified atom stereocenters. The first-order valence-electron chi connectivity index (χ1n) is 10.9. The number of nitrogens with one attached hydrogen (secondary N) is 1. The molecular weight excluding hydrogens is 444 g/mol. The molecule has 0 atom stereocenters. The van der Waals surface area contributed by atoms with E-state index in [-0.39, 0.29) is 16.8 Å². The highest BCUT2D eigenvalue weighted by molar-refractivity contribution is 6.13. The molecule has 7 heteroatoms. The highest BCUT2D eigenvalue weighted by Gasteiger charge is 2.18. The van der Waals surface area contributed by atoms with E-state index in [0.717, 1.165) is 16.7 Å². The number of amides is 1. The zero-order chi connectivity index (χ0) is 25.1. The van der Waals surface area contributed by atoms with Crippen molar-refractivity contribution < 1.29 is 23.9 Å². The Hall–Kier alpha value is -4.52. The van der Waals surface area contributed by atoms with Gasteiger partial charge in [0, 0.05) is 16.6 Å². The SMILES string of the molecule is COC(=O)c1cc(NC(=O)c2cc(-c3ccc(C)cc3C)nc3ccccc23)cc(C(=O)OC)c1. The summed E-state index contributed by atoms with van der Waals surface area (Å²) in [6, 6.07) is 19.5. The second kappa shape index (κ2) is 9.77. The number of ether oxygens (including phenoxy) is 2. The minimum absolute atomic E-state index is 0.112. The number of para-hydroxylation sites is 1. The van der Waals surface area contributed by atoms with E-state index in [1.165, 1.54) is 32.4 Å². The molecular formula is C28H24N2O5. The molecule has 0 aliphatic carbocycles. The summed E-state index contributed by atoms with van der Waals surface area (Å²) in [6.07, 6.45) is 0. The third-order valence-corrected chi connectivity index (χ3v) is 5.65. The van der Waals surface area contributed by atoms with Crippen molar-refractivity contribution in [3.8, 4) is 11.3 Å². The first kappa shape index (κ1) is 23.6. The van der Waals surface area contributed by atoms with Crippen molar-refractivity contribution in [1.29, 1.82) is 0 Å². The lowest BCUT2D eigenvalue weighted by Crippen LogP contribution is -2.15. The molecule has 4 rings (SSSR count). The summed E-state index contributed by atoms with van der Waals surface area (Å²) >= 11 is 0. The molecule has 0 radical (unpaired) electrons. The lowest BCUT2D eigenvalue weighted by Gasteiger charge is -2.13. The molecule has 176 valence electrons. The van der Waals surface area contributed by atoms with E-state index >= 15 is 0 Å². The second-order valence-electron chi connectivity index (χ2n) is 8.13. The molecule has 1 aromatic heterocycles. The number of anilines is 1. The van der Waals surface area contributed by atoms with E-state index in [1.807, 2.05) is 50.2 Å². The normalized spacial score (nSPS) is 10.6. The summed E-state index contributed by atoms with van der Waals surface area (Å²) in [7, 11) is 2.48. The molecule has 1 N–H and O–H groups in total. The van der Waals surface area contributed by atoms with E-state index in [4.69, 9.17) is 14.5 Å². The highest BCUT2D eigenvalue weighted by atomic mass is 16.5. The number of methoxy groups -OCH3 is 2. The van der Waals surface area contributed by atoms with E-state index in [1.54, 1.807) is 6.07 Å². The second-order valence-corrected chi connectivity index (χ2v) is 8.13. The van der Waals surface area contributed by atoms with Gasteiger partial charge < -0.3 is 14.8 Å². The Labute approximate surface area is 202 Å². The van der Waals surface area contributed by atoms with Crippen LogP contribution < -0.4 is 5.32 Å². The zero-order valence-electron chi connectivity index (χ0n) is 19.8. The quantitative estimate of drug-likeness (QED) is 0.397. The molecule has 0 saturated heterocycles. The Balaban J connectivity index is 1.80. The topological polar surface area (TPSA) is 94.6 Å². The van der Waals surface area contributed by atoms with E-state index in [0.29, 0.717) is 22.2 Å². The number of hydrogen-bond donors (Lipinski definition) is 1. The van der Waals surface area contributed by atoms with Gasteiger partial charge in [-0.15, -0.1) is 0 Å². The third kappa shape index (κ3) is 4.89. The fourth-order valence-electron chi connectivity index (χ4n) is 3.97. The molecule has 0 aliphatic rings. The van der Waals surface area contributed by atoms with Gasteiger partial charge in [-0.1, -0.05) is 42.0 Å². The van der Waals surface area contributed by atoms with Crippen LogP contribution in [0.25, 0.3) is 22.2 Å². The van der Waals surface area contributed by atoms with Crippen LogP contribution in [0, 0.1) is 13.8 Å². The number of aromatic nitrogens is 1. The number of pyridine rings is 1. The van der Waals surface area contributed by atoms with Crippen LogP contribution in [0.4, 0.5) is 5.69 Å². The minimum Gasteiger partial charge on any atom is -0.465 e. The molecule has 7 nitrogen and oxygen atoms in total. The van der Waals surface area contributed by atoms with Gasteiger partial charge in [0.2, 0.25) is 0 Å². The number of esters is 2. The summed E-state index contributed by atoms with van der Waals surface area (Å²) < 4.78 is 9.56. The van der Waals surface area contributed by atoms with Crippen molar-refractivity contribution in [2.75, 3.05) is 19.5 Å². The Bertz CT molecular complexity index is 1440. The van der Waals surface area contributed by atoms with Crippen LogP contribution in [0.3, 0.4) is 0 Å². The van der Waals surface area contributed by atoms with Crippen LogP contribution in [0.5, 0.6) is 0 Å². The van der Waals surface area contributed by atoms with Crippen molar-refractivity contribution in [1.82, 2.24) is 4.98 Å². The largest absolute Gasteiger partial charge is 0.465 e. The minimum atomic E-state index is -0.641. The highest BCUT2D eigenvalue weighted by Crippen LogP contribution is 2.28. The molecule has 4 aromatic rings. The zero-order valence-corrected chi connectivity index (χ0v) is 19.8. The first-order valence-corrected chi connectivity index (χ1v) is 10.9. The number of nitrogens with zero attached hydrogens (tertiary/aromatic N) is 1. The Morgan fingerprint density at radius 1 is 0.800 bits per heavy atom. The maximum Gasteiger partial charge on any atom is 0.337 e. The lowest BCUT2D eigenvalue weighted by atomic mass is 9.99. The first-order chi connectivity index (χ1) is 16.8. The van der Waals surface area contributed by atoms with E-state index < -0.39 is 17.8 Å². The molecule has 0 aliphatic heterocycles. The molecule has 3 aromatic carbocycles. The maximum atomic E-state index is 13.5. The number of carbonyl (C=O) groups excluding carboxylic acids is 3. The lowest BCUT2D eigenvalue weighted by molar-refractivity contribution is 0.0599. The maximum absolute atomic E-state index is 13.5. The summed E-state index contributed by atoms with van der Waals surface area (Å²) in [5, 5.41) is 3.49. The number of hydrogen-bond acceptors (Lipinski definition) is 6. The van der Waals surface area contributed by atoms with Crippen LogP contribution in [-0.2, 0) is 9.47 Å². The third-order valence-electron chi connectivity index (χ3n) is 5.65. The molecule has 0 bridgehead atoms. The van der Waals surface area contributed by atoms with E-state index in [2.05, 4.69) is 11.4 Å². The van der Waals surface area contributed by atoms with Crippen LogP contribution in [0.15, 0.2) is 66.7 Å². The predicted octanol–water partition coefficient (Wildman–Crippen LogP) is 5.34. The molecule has 1 heterocycles. The number of fused-ring (bicyclic) bond motifs is 1. The van der Waals surface area contributed by atoms with Crippen LogP contribution in [0.1, 0.15) is 42.2 Å². The van der Waals surface area contributed by atoms with Crippen LogP contribution in [-0.4, -0.2) is 37.0 Å². The van der Waals surface area contributed by atoms with Gasteiger partial charge in [0.15, 0.2) is 0 Å². The van der Waals surface area contributed by atoms with Crippen LogP contribution in [0.2, 0.25) is 0 Å². The summed E-state index contributed by atoms with van der Waals surface area (Å²) in [5.74, 6) is -1.69. The van der Waals surface area contributed by atoms with Crippen molar-refractivity contribution in [2.24, 2.45) is 0 Å². The van der Waals surface area contributed by atoms with Crippen molar-refractivity contribution in [2.45, 2.75) is 13.8 Å². The van der Waals surface area contributed by atoms with Gasteiger partial charge >= 0.3 is 11.9 Å². The van der Waals surface area contributed by atoms with Gasteiger partial charge in [0.05, 0.1) is 42.1 Å². The average molecular weight is 469 g/mol. The average Bonchev–Trinajstić information content (AvgIpc) is 2.86. The monoisotopic (exact) mass is 468 g/mol. The van der Waals surface area contributed by atoms with Gasteiger partial charge in [-0.3, -0.25) is 4.79 Å². The van der Waals surface area contributed by atoms with Gasteiger partial charge in [0.1, 0.15) is 0 Å². The summed E-state index contributed by atoms with van der Waals surface area (Å²) in [5.41, 5.74) is 5.35. The summed E-state index contributed by atoms with van der Waals surface area (Å²) in [4.78, 5) is 42.5. The molecule has 35 heavy (non-hydrogen) atoms. The molecule has 0 saturated carbocycles. The van der Waals surface area contributed by atoms with Crippen LogP contribution >= 0.6 is 0 Å². The summed E-state index contributed by atoms with van der Waals surface area (Å²) in [6.45, 7) is 4.03. The Morgan fingerprint density at radius 2 is 1.46 bits per heavy atom. The molecule has 1 amide bonds. The van der Waals surface area contributed by atoms with Crippen molar-refractivity contribution in [3.05, 3.63) is 94.5 Å². The van der Waals surface area contributed by atoms with Gasteiger partial charge in [0.25, 0.3) is 5.91 Å². The number of carbonyl (C=O) groups is 3. The standard InChI is InChI=1S/C28H24N2O5/c1-16-9-10-21(17(2)11-16)25-15-23(22-7-5-6-8-24(22)30-25)26(31)29-20-13-18(27(32)34-3)12-19(14-20)28(33)35-4/h5-15H,1-4H3,(H,29,31). The smallest absolute Gasteiger partial charge is 0.337 e. The predicted molar refractivity (Wildman–Crippen MR) is 134 cm³/mol. The molecule has 0 spiro atoms.